The van der Waals surface area contributed by atoms with E-state index in [2.05, 4.69) is 7.05 Å². The van der Waals surface area contributed by atoms with E-state index in [0.717, 1.165) is 5.75 Å². The molecule has 1 aromatic carbocycles. The van der Waals surface area contributed by atoms with Crippen molar-refractivity contribution in [2.75, 3.05) is 33.4 Å². The van der Waals surface area contributed by atoms with Crippen LogP contribution in [0.25, 0.3) is 0 Å². The lowest BCUT2D eigenvalue weighted by Crippen LogP contribution is -2.61. The first-order valence-corrected chi connectivity index (χ1v) is 9.36. The molecule has 2 heterocycles. The van der Waals surface area contributed by atoms with Gasteiger partial charge in [-0.05, 0) is 56.9 Å². The van der Waals surface area contributed by atoms with Crippen molar-refractivity contribution in [3.63, 3.8) is 0 Å². The van der Waals surface area contributed by atoms with Crippen molar-refractivity contribution in [1.29, 1.82) is 0 Å². The largest absolute Gasteiger partial charge is 0.494 e. The zero-order valence-electron chi connectivity index (χ0n) is 15.0. The molecule has 0 radical (unpaired) electrons. The van der Waals surface area contributed by atoms with Gasteiger partial charge in [0, 0.05) is 12.3 Å². The molecular weight excluding hydrogens is 302 g/mol. The number of quaternary nitrogens is 1. The summed E-state index contributed by atoms with van der Waals surface area (Å²) < 4.78 is 12.3. The zero-order chi connectivity index (χ0) is 17.0. The molecule has 3 atom stereocenters. The van der Waals surface area contributed by atoms with E-state index in [1.165, 1.54) is 49.7 Å². The minimum atomic E-state index is -0.214. The highest BCUT2D eigenvalue weighted by atomic mass is 16.5. The maximum absolute atomic E-state index is 12.3. The first-order chi connectivity index (χ1) is 11.6. The first-order valence-electron chi connectivity index (χ1n) is 9.36. The Morgan fingerprint density at radius 2 is 1.88 bits per heavy atom. The summed E-state index contributed by atoms with van der Waals surface area (Å²) >= 11 is 0. The topological polar surface area (TPSA) is 35.5 Å². The van der Waals surface area contributed by atoms with Crippen LogP contribution in [0.3, 0.4) is 0 Å². The molecule has 4 nitrogen and oxygen atoms in total. The summed E-state index contributed by atoms with van der Waals surface area (Å²) in [6.07, 6.45) is 6.38. The van der Waals surface area contributed by atoms with Gasteiger partial charge >= 0.3 is 5.97 Å². The van der Waals surface area contributed by atoms with Crippen molar-refractivity contribution < 1.29 is 18.8 Å². The molecule has 0 saturated carbocycles. The van der Waals surface area contributed by atoms with Gasteiger partial charge in [0.15, 0.2) is 0 Å². The molecule has 0 spiro atoms. The average molecular weight is 332 g/mol. The molecule has 0 amide bonds. The summed E-state index contributed by atoms with van der Waals surface area (Å²) in [5, 5.41) is 0. The standard InChI is InChI=1S/C20H30NO3/c1-3-23-18-11-9-16(10-12-18)20(22)24-15-17-7-6-14-21(2)13-5-4-8-19(17)21/h9-12,17,19H,3-8,13-15H2,1-2H3/q+1/t17-,19-,21-/m0/s1. The van der Waals surface area contributed by atoms with Crippen LogP contribution in [-0.2, 0) is 4.74 Å². The number of hydrogen-bond donors (Lipinski definition) is 0. The normalized spacial score (nSPS) is 29.6. The van der Waals surface area contributed by atoms with Crippen LogP contribution in [0, 0.1) is 5.92 Å². The summed E-state index contributed by atoms with van der Waals surface area (Å²) in [4.78, 5) is 12.3. The Labute approximate surface area is 145 Å². The number of ether oxygens (including phenoxy) is 2. The van der Waals surface area contributed by atoms with Crippen LogP contribution in [0.5, 0.6) is 5.75 Å². The minimum Gasteiger partial charge on any atom is -0.494 e. The molecule has 2 aliphatic rings. The second-order valence-corrected chi connectivity index (χ2v) is 7.45. The molecule has 2 fully saturated rings. The highest BCUT2D eigenvalue weighted by molar-refractivity contribution is 5.89. The maximum atomic E-state index is 12.3. The van der Waals surface area contributed by atoms with Gasteiger partial charge in [0.1, 0.15) is 12.4 Å². The number of fused-ring (bicyclic) bond motifs is 1. The van der Waals surface area contributed by atoms with Gasteiger partial charge < -0.3 is 14.0 Å². The lowest BCUT2D eigenvalue weighted by Gasteiger charge is -2.51. The van der Waals surface area contributed by atoms with Crippen molar-refractivity contribution in [3.05, 3.63) is 29.8 Å². The van der Waals surface area contributed by atoms with E-state index in [9.17, 15) is 4.79 Å². The number of rotatable bonds is 5. The monoisotopic (exact) mass is 332 g/mol. The number of piperidine rings is 2. The average Bonchev–Trinajstić information content (AvgIpc) is 2.60. The molecule has 0 aliphatic carbocycles. The van der Waals surface area contributed by atoms with E-state index < -0.39 is 0 Å². The van der Waals surface area contributed by atoms with Gasteiger partial charge in [0.05, 0.1) is 38.3 Å². The Morgan fingerprint density at radius 3 is 2.62 bits per heavy atom. The van der Waals surface area contributed by atoms with E-state index in [4.69, 9.17) is 9.47 Å². The minimum absolute atomic E-state index is 0.214. The molecule has 0 N–H and O–H groups in total. The number of nitrogens with zero attached hydrogens (tertiary/aromatic N) is 1. The third kappa shape index (κ3) is 3.75. The van der Waals surface area contributed by atoms with Crippen molar-refractivity contribution in [2.24, 2.45) is 5.92 Å². The fourth-order valence-electron chi connectivity index (χ4n) is 4.55. The predicted molar refractivity (Wildman–Crippen MR) is 94.2 cm³/mol. The molecule has 0 aromatic heterocycles. The quantitative estimate of drug-likeness (QED) is 0.610. The first kappa shape index (κ1) is 17.3. The zero-order valence-corrected chi connectivity index (χ0v) is 15.0. The fourth-order valence-corrected chi connectivity index (χ4v) is 4.55. The van der Waals surface area contributed by atoms with Crippen LogP contribution < -0.4 is 4.74 Å². The lowest BCUT2D eigenvalue weighted by molar-refractivity contribution is -0.947. The molecule has 0 bridgehead atoms. The predicted octanol–water partition coefficient (Wildman–Crippen LogP) is 3.65. The summed E-state index contributed by atoms with van der Waals surface area (Å²) in [5.74, 6) is 1.08. The van der Waals surface area contributed by atoms with E-state index >= 15 is 0 Å². The summed E-state index contributed by atoms with van der Waals surface area (Å²) in [6, 6.07) is 7.90. The van der Waals surface area contributed by atoms with Gasteiger partial charge in [-0.3, -0.25) is 0 Å². The summed E-state index contributed by atoms with van der Waals surface area (Å²) in [6.45, 7) is 5.71. The van der Waals surface area contributed by atoms with Crippen molar-refractivity contribution in [3.8, 4) is 5.75 Å². The van der Waals surface area contributed by atoms with Crippen LogP contribution in [0.4, 0.5) is 0 Å². The Kier molecular flexibility index (Phi) is 5.44. The highest BCUT2D eigenvalue weighted by Gasteiger charge is 2.43. The number of benzene rings is 1. The number of carbonyl (C=O) groups excluding carboxylic acids is 1. The molecule has 2 saturated heterocycles. The Balaban J connectivity index is 1.57. The van der Waals surface area contributed by atoms with Crippen LogP contribution in [0.15, 0.2) is 24.3 Å². The molecule has 1 aromatic rings. The Bertz CT molecular complexity index is 553. The lowest BCUT2D eigenvalue weighted by atomic mass is 9.82. The van der Waals surface area contributed by atoms with Crippen LogP contribution in [0.2, 0.25) is 0 Å². The molecule has 0 unspecified atom stereocenters. The van der Waals surface area contributed by atoms with Crippen molar-refractivity contribution >= 4 is 5.97 Å². The van der Waals surface area contributed by atoms with E-state index in [1.54, 1.807) is 12.1 Å². The second-order valence-electron chi connectivity index (χ2n) is 7.45. The van der Waals surface area contributed by atoms with Gasteiger partial charge in [-0.25, -0.2) is 4.79 Å². The molecule has 3 rings (SSSR count). The molecule has 132 valence electrons. The Morgan fingerprint density at radius 1 is 1.12 bits per heavy atom. The van der Waals surface area contributed by atoms with Gasteiger partial charge in [0.2, 0.25) is 0 Å². The highest BCUT2D eigenvalue weighted by Crippen LogP contribution is 2.36. The van der Waals surface area contributed by atoms with Crippen LogP contribution in [0.1, 0.15) is 49.4 Å². The molecule has 4 heteroatoms. The van der Waals surface area contributed by atoms with Gasteiger partial charge in [-0.15, -0.1) is 0 Å². The summed E-state index contributed by atoms with van der Waals surface area (Å²) in [7, 11) is 2.39. The Hall–Kier alpha value is -1.55. The number of esters is 1. The smallest absolute Gasteiger partial charge is 0.338 e. The van der Waals surface area contributed by atoms with E-state index in [1.807, 2.05) is 19.1 Å². The van der Waals surface area contributed by atoms with E-state index in [-0.39, 0.29) is 5.97 Å². The van der Waals surface area contributed by atoms with E-state index in [0.29, 0.717) is 30.7 Å². The number of hydrogen-bond acceptors (Lipinski definition) is 3. The molecule has 2 aliphatic heterocycles. The second kappa shape index (κ2) is 7.56. The van der Waals surface area contributed by atoms with Gasteiger partial charge in [0.25, 0.3) is 0 Å². The van der Waals surface area contributed by atoms with Crippen LogP contribution >= 0.6 is 0 Å². The molecular formula is C20H30NO3+. The van der Waals surface area contributed by atoms with Gasteiger partial charge in [-0.2, -0.15) is 0 Å². The van der Waals surface area contributed by atoms with Crippen LogP contribution in [-0.4, -0.2) is 49.8 Å². The third-order valence-electron chi connectivity index (χ3n) is 5.84. The summed E-state index contributed by atoms with van der Waals surface area (Å²) in [5.41, 5.74) is 0.607. The fraction of sp³-hybridized carbons (Fsp3) is 0.650. The SMILES string of the molecule is CCOc1ccc(C(=O)OC[C@@H]2CCC[N@+]3(C)CCCC[C@@H]23)cc1. The molecule has 24 heavy (non-hydrogen) atoms. The maximum Gasteiger partial charge on any atom is 0.338 e. The number of carbonyl (C=O) groups is 1. The van der Waals surface area contributed by atoms with Crippen molar-refractivity contribution in [2.45, 2.75) is 45.1 Å². The van der Waals surface area contributed by atoms with Gasteiger partial charge in [-0.1, -0.05) is 0 Å². The van der Waals surface area contributed by atoms with Crippen molar-refractivity contribution in [1.82, 2.24) is 0 Å². The third-order valence-corrected chi connectivity index (χ3v) is 5.84.